The summed E-state index contributed by atoms with van der Waals surface area (Å²) in [4.78, 5) is 36.1. The lowest BCUT2D eigenvalue weighted by molar-refractivity contribution is -0.149. The van der Waals surface area contributed by atoms with Gasteiger partial charge in [0, 0.05) is 25.2 Å². The molecule has 4 aliphatic carbocycles. The lowest BCUT2D eigenvalue weighted by Crippen LogP contribution is -2.51. The largest absolute Gasteiger partial charge is 0.462 e. The maximum atomic E-state index is 12.5. The molecule has 0 bridgehead atoms. The molecular formula is C24H35NO4. The van der Waals surface area contributed by atoms with E-state index in [0.29, 0.717) is 17.8 Å². The highest BCUT2D eigenvalue weighted by Gasteiger charge is 2.63. The van der Waals surface area contributed by atoms with Crippen LogP contribution in [0.3, 0.4) is 0 Å². The van der Waals surface area contributed by atoms with Crippen LogP contribution in [0.15, 0.2) is 11.6 Å². The number of carbonyl (C=O) groups is 3. The van der Waals surface area contributed by atoms with Crippen LogP contribution in [0.1, 0.15) is 72.6 Å². The maximum absolute atomic E-state index is 12.5. The highest BCUT2D eigenvalue weighted by Crippen LogP contribution is 2.67. The first-order valence-corrected chi connectivity index (χ1v) is 11.2. The molecular weight excluding hydrogens is 366 g/mol. The van der Waals surface area contributed by atoms with Crippen molar-refractivity contribution in [2.24, 2.45) is 46.2 Å². The number of hydrogen-bond acceptors (Lipinski definition) is 4. The summed E-state index contributed by atoms with van der Waals surface area (Å²) in [5, 5.41) is 0. The fourth-order valence-corrected chi connectivity index (χ4v) is 8.04. The topological polar surface area (TPSA) is 86.5 Å². The number of amides is 1. The Hall–Kier alpha value is -1.65. The Bertz CT molecular complexity index is 773. The van der Waals surface area contributed by atoms with Crippen molar-refractivity contribution < 1.29 is 19.1 Å². The van der Waals surface area contributed by atoms with E-state index in [1.165, 1.54) is 12.5 Å². The Morgan fingerprint density at radius 3 is 2.45 bits per heavy atom. The molecule has 0 aromatic rings. The Kier molecular flexibility index (Phi) is 4.94. The molecule has 2 unspecified atom stereocenters. The zero-order valence-electron chi connectivity index (χ0n) is 18.2. The number of fused-ring (bicyclic) bond motifs is 5. The first-order valence-electron chi connectivity index (χ1n) is 11.2. The monoisotopic (exact) mass is 401 g/mol. The number of allylic oxidation sites excluding steroid dienone is 1. The van der Waals surface area contributed by atoms with Crippen molar-refractivity contribution in [3.63, 3.8) is 0 Å². The van der Waals surface area contributed by atoms with Crippen LogP contribution in [-0.4, -0.2) is 23.8 Å². The minimum Gasteiger partial charge on any atom is -0.462 e. The van der Waals surface area contributed by atoms with Gasteiger partial charge in [0.2, 0.25) is 5.91 Å². The molecule has 8 atom stereocenters. The maximum Gasteiger partial charge on any atom is 0.302 e. The van der Waals surface area contributed by atoms with Crippen molar-refractivity contribution in [3.8, 4) is 0 Å². The molecule has 2 N–H and O–H groups in total. The van der Waals surface area contributed by atoms with Gasteiger partial charge in [-0.25, -0.2) is 0 Å². The van der Waals surface area contributed by atoms with Crippen molar-refractivity contribution in [1.29, 1.82) is 0 Å². The molecule has 0 aliphatic heterocycles. The van der Waals surface area contributed by atoms with Crippen LogP contribution in [0.2, 0.25) is 0 Å². The summed E-state index contributed by atoms with van der Waals surface area (Å²) in [6, 6.07) is 0. The third-order valence-electron chi connectivity index (χ3n) is 9.25. The van der Waals surface area contributed by atoms with E-state index in [9.17, 15) is 14.4 Å². The van der Waals surface area contributed by atoms with E-state index in [4.69, 9.17) is 10.5 Å². The summed E-state index contributed by atoms with van der Waals surface area (Å²) in [6.07, 6.45) is 9.04. The molecule has 0 heterocycles. The third-order valence-corrected chi connectivity index (χ3v) is 9.25. The lowest BCUT2D eigenvalue weighted by atomic mass is 9.47. The molecule has 3 saturated carbocycles. The van der Waals surface area contributed by atoms with Gasteiger partial charge in [-0.2, -0.15) is 0 Å². The first kappa shape index (κ1) is 20.6. The zero-order chi connectivity index (χ0) is 21.1. The van der Waals surface area contributed by atoms with Gasteiger partial charge in [-0.15, -0.1) is 0 Å². The minimum atomic E-state index is -0.320. The van der Waals surface area contributed by atoms with E-state index in [-0.39, 0.29) is 46.4 Å². The molecule has 4 aliphatic rings. The third kappa shape index (κ3) is 3.07. The Balaban J connectivity index is 1.63. The molecule has 29 heavy (non-hydrogen) atoms. The molecule has 0 aromatic heterocycles. The van der Waals surface area contributed by atoms with Gasteiger partial charge in [0.15, 0.2) is 0 Å². The number of rotatable bonds is 3. The molecule has 0 saturated heterocycles. The number of nitrogens with two attached hydrogens (primary N) is 1. The predicted molar refractivity (Wildman–Crippen MR) is 109 cm³/mol. The number of hydrogen-bond donors (Lipinski definition) is 1. The smallest absolute Gasteiger partial charge is 0.302 e. The summed E-state index contributed by atoms with van der Waals surface area (Å²) in [6.45, 7) is 7.76. The second kappa shape index (κ2) is 6.95. The van der Waals surface area contributed by atoms with Crippen molar-refractivity contribution in [2.75, 3.05) is 0 Å². The van der Waals surface area contributed by atoms with Gasteiger partial charge in [0.25, 0.3) is 0 Å². The summed E-state index contributed by atoms with van der Waals surface area (Å²) in [5.41, 5.74) is 7.22. The summed E-state index contributed by atoms with van der Waals surface area (Å²) >= 11 is 0. The van der Waals surface area contributed by atoms with Gasteiger partial charge in [-0.3, -0.25) is 14.4 Å². The fourth-order valence-electron chi connectivity index (χ4n) is 8.04. The van der Waals surface area contributed by atoms with Crippen LogP contribution in [0.4, 0.5) is 0 Å². The van der Waals surface area contributed by atoms with E-state index in [2.05, 4.69) is 19.9 Å². The van der Waals surface area contributed by atoms with E-state index >= 15 is 0 Å². The fraction of sp³-hybridized carbons (Fsp3) is 0.792. The first-order chi connectivity index (χ1) is 13.6. The number of ether oxygens (including phenoxy) is 1. The quantitative estimate of drug-likeness (QED) is 0.576. The number of Topliss-reactive ketones (excluding diaryl/α,β-unsaturated/α-hetero) is 1. The second-order valence-corrected chi connectivity index (χ2v) is 10.6. The van der Waals surface area contributed by atoms with E-state index < -0.39 is 0 Å². The molecule has 4 rings (SSSR count). The van der Waals surface area contributed by atoms with Gasteiger partial charge >= 0.3 is 5.97 Å². The standard InChI is InChI=1S/C24H35NO4/c1-13(26)21-18(22(25)28)12-20-17-6-5-15-11-16(29-14(2)27)7-9-23(15,3)19(17)8-10-24(20,21)4/h5,16-21H,6-12H2,1-4H3,(H2,25,28)/t16?,17-,18?,19+,20+,21+,23+,24+/m1/s1. The number of carbonyl (C=O) groups excluding carboxylic acids is 3. The highest BCUT2D eigenvalue weighted by atomic mass is 16.5. The van der Waals surface area contributed by atoms with E-state index in [1.54, 1.807) is 6.92 Å². The van der Waals surface area contributed by atoms with Gasteiger partial charge in [0.05, 0.1) is 0 Å². The molecule has 0 spiro atoms. The Morgan fingerprint density at radius 1 is 1.10 bits per heavy atom. The van der Waals surface area contributed by atoms with Crippen LogP contribution in [0, 0.1) is 40.4 Å². The number of esters is 1. The van der Waals surface area contributed by atoms with Crippen molar-refractivity contribution in [1.82, 2.24) is 0 Å². The van der Waals surface area contributed by atoms with Crippen molar-refractivity contribution in [2.45, 2.75) is 78.7 Å². The number of ketones is 1. The Morgan fingerprint density at radius 2 is 1.83 bits per heavy atom. The van der Waals surface area contributed by atoms with Gasteiger partial charge in [0.1, 0.15) is 11.9 Å². The van der Waals surface area contributed by atoms with Crippen LogP contribution < -0.4 is 5.73 Å². The molecule has 0 aromatic carbocycles. The lowest BCUT2D eigenvalue weighted by Gasteiger charge is -2.58. The van der Waals surface area contributed by atoms with Crippen molar-refractivity contribution in [3.05, 3.63) is 11.6 Å². The molecule has 5 nitrogen and oxygen atoms in total. The summed E-state index contributed by atoms with van der Waals surface area (Å²) in [7, 11) is 0. The van der Waals surface area contributed by atoms with E-state index in [0.717, 1.165) is 44.9 Å². The van der Waals surface area contributed by atoms with Gasteiger partial charge < -0.3 is 10.5 Å². The molecule has 1 amide bonds. The number of primary amides is 1. The average Bonchev–Trinajstić information content (AvgIpc) is 2.95. The van der Waals surface area contributed by atoms with Crippen LogP contribution in [-0.2, 0) is 19.1 Å². The SMILES string of the molecule is CC(=O)OC1CC[C@@]2(C)C(=CC[C@H]3[C@@H]4CC(C(N)=O)[C@H](C(C)=O)[C@@]4(C)CC[C@@H]32)C1. The summed E-state index contributed by atoms with van der Waals surface area (Å²) in [5.74, 6) is 0.503. The second-order valence-electron chi connectivity index (χ2n) is 10.6. The zero-order valence-corrected chi connectivity index (χ0v) is 18.2. The van der Waals surface area contributed by atoms with Crippen LogP contribution in [0.5, 0.6) is 0 Å². The average molecular weight is 402 g/mol. The van der Waals surface area contributed by atoms with Gasteiger partial charge in [-0.1, -0.05) is 25.5 Å². The summed E-state index contributed by atoms with van der Waals surface area (Å²) < 4.78 is 5.52. The molecule has 160 valence electrons. The van der Waals surface area contributed by atoms with Crippen LogP contribution in [0.25, 0.3) is 0 Å². The predicted octanol–water partition coefficient (Wildman–Crippen LogP) is 3.80. The van der Waals surface area contributed by atoms with E-state index in [1.807, 2.05) is 0 Å². The molecule has 0 radical (unpaired) electrons. The molecule has 5 heteroatoms. The molecule has 3 fully saturated rings. The minimum absolute atomic E-state index is 0.00467. The van der Waals surface area contributed by atoms with Gasteiger partial charge in [-0.05, 0) is 74.0 Å². The normalized spacial score (nSPS) is 46.0. The van der Waals surface area contributed by atoms with Crippen LogP contribution >= 0.6 is 0 Å². The highest BCUT2D eigenvalue weighted by molar-refractivity contribution is 5.88. The Labute approximate surface area is 173 Å². The van der Waals surface area contributed by atoms with Crippen molar-refractivity contribution >= 4 is 17.7 Å².